The molecular weight excluding hydrogens is 555 g/mol. The summed E-state index contributed by atoms with van der Waals surface area (Å²) in [4.78, 5) is 0.791. The van der Waals surface area contributed by atoms with Crippen LogP contribution in [-0.2, 0) is 22.1 Å². The van der Waals surface area contributed by atoms with Crippen LogP contribution in [0.4, 0.5) is 5.69 Å². The van der Waals surface area contributed by atoms with Gasteiger partial charge in [0.2, 0.25) is 0 Å². The number of halogens is 6. The predicted octanol–water partition coefficient (Wildman–Crippen LogP) is 7.44. The van der Waals surface area contributed by atoms with E-state index in [9.17, 15) is 9.32 Å². The van der Waals surface area contributed by atoms with Gasteiger partial charge in [0.1, 0.15) is 5.88 Å². The van der Waals surface area contributed by atoms with Crippen molar-refractivity contribution in [1.29, 1.82) is 0 Å². The second-order valence-electron chi connectivity index (χ2n) is 5.85. The summed E-state index contributed by atoms with van der Waals surface area (Å²) in [7, 11) is -1.03. The summed E-state index contributed by atoms with van der Waals surface area (Å²) in [6.07, 6.45) is -0.299. The van der Waals surface area contributed by atoms with E-state index in [1.54, 1.807) is 16.4 Å². The molecular formula is C18H17Cl6NO3S2. The van der Waals surface area contributed by atoms with E-state index in [1.807, 2.05) is 31.2 Å². The number of nitrogens with zero attached hydrogens (tertiary/aromatic N) is 1. The van der Waals surface area contributed by atoms with Crippen LogP contribution >= 0.6 is 81.6 Å². The first-order chi connectivity index (χ1) is 14.0. The van der Waals surface area contributed by atoms with Gasteiger partial charge in [0.25, 0.3) is 3.12 Å². The van der Waals surface area contributed by atoms with Gasteiger partial charge in [0, 0.05) is 22.5 Å². The fourth-order valence-corrected chi connectivity index (χ4v) is 5.90. The van der Waals surface area contributed by atoms with Crippen molar-refractivity contribution in [3.63, 3.8) is 0 Å². The average molecular weight is 572 g/mol. The molecule has 1 N–H and O–H groups in total. The Balaban J connectivity index is 0.000000214. The minimum atomic E-state index is -1.43. The largest absolute Gasteiger partial charge is 0.368 e. The lowest BCUT2D eigenvalue weighted by atomic mass is 10.2. The van der Waals surface area contributed by atoms with E-state index in [4.69, 9.17) is 74.3 Å². The van der Waals surface area contributed by atoms with Gasteiger partial charge in [0.15, 0.2) is 6.29 Å². The maximum Gasteiger partial charge on any atom is 0.256 e. The van der Waals surface area contributed by atoms with Gasteiger partial charge in [-0.05, 0) is 30.7 Å². The number of benzene rings is 2. The lowest BCUT2D eigenvalue weighted by molar-refractivity contribution is -0.109. The molecule has 0 spiro atoms. The highest BCUT2D eigenvalue weighted by Gasteiger charge is 2.32. The first-order valence-corrected chi connectivity index (χ1v) is 12.8. The van der Waals surface area contributed by atoms with Crippen molar-refractivity contribution in [2.45, 2.75) is 34.3 Å². The molecule has 0 fully saturated rings. The Morgan fingerprint density at radius 3 is 2.43 bits per heavy atom. The molecule has 1 aliphatic heterocycles. The standard InChI is InChI=1S/C10H11Cl3O2.C8H6Cl3NOS2/c1-2-9(14)15-5-6-7(11)3-4-8(12)10(6)13;9-8(10,11)14-12-5-15(13)7-4-2-1-3-6(7)12/h3-4,9,14H,2,5H2,1H3;1-4H,5H2. The Kier molecular flexibility index (Phi) is 10.7. The quantitative estimate of drug-likeness (QED) is 0.175. The van der Waals surface area contributed by atoms with E-state index < -0.39 is 20.2 Å². The van der Waals surface area contributed by atoms with Crippen LogP contribution in [-0.4, -0.2) is 24.6 Å². The van der Waals surface area contributed by atoms with Crippen LogP contribution in [0.3, 0.4) is 0 Å². The minimum absolute atomic E-state index is 0.146. The fraction of sp³-hybridized carbons (Fsp3) is 0.333. The number of anilines is 1. The van der Waals surface area contributed by atoms with Gasteiger partial charge in [-0.1, -0.05) is 88.7 Å². The third kappa shape index (κ3) is 7.77. The van der Waals surface area contributed by atoms with Gasteiger partial charge in [-0.15, -0.1) is 0 Å². The Morgan fingerprint density at radius 2 is 1.80 bits per heavy atom. The summed E-state index contributed by atoms with van der Waals surface area (Å²) >= 11 is 35.8. The molecule has 0 aromatic heterocycles. The van der Waals surface area contributed by atoms with Crippen molar-refractivity contribution >= 4 is 98.0 Å². The van der Waals surface area contributed by atoms with Crippen LogP contribution in [0.1, 0.15) is 18.9 Å². The number of aliphatic hydroxyl groups excluding tert-OH is 1. The van der Waals surface area contributed by atoms with Gasteiger partial charge in [-0.25, -0.2) is 0 Å². The lowest BCUT2D eigenvalue weighted by Gasteiger charge is -2.20. The molecule has 0 aliphatic carbocycles. The maximum atomic E-state index is 11.7. The number of hydrogen-bond donors (Lipinski definition) is 1. The van der Waals surface area contributed by atoms with Crippen LogP contribution in [0.5, 0.6) is 0 Å². The topological polar surface area (TPSA) is 49.8 Å². The first kappa shape index (κ1) is 26.7. The average Bonchev–Trinajstić information content (AvgIpc) is 2.99. The summed E-state index contributed by atoms with van der Waals surface area (Å²) in [6.45, 7) is 1.96. The molecule has 2 aromatic carbocycles. The summed E-state index contributed by atoms with van der Waals surface area (Å²) in [5, 5.41) is 10.5. The molecule has 0 amide bonds. The normalized spacial score (nSPS) is 16.7. The predicted molar refractivity (Wildman–Crippen MR) is 131 cm³/mol. The number of ether oxygens (including phenoxy) is 1. The van der Waals surface area contributed by atoms with Crippen molar-refractivity contribution < 1.29 is 14.1 Å². The molecule has 1 heterocycles. The Morgan fingerprint density at radius 1 is 1.17 bits per heavy atom. The molecule has 3 rings (SSSR count). The van der Waals surface area contributed by atoms with Crippen LogP contribution in [0.2, 0.25) is 15.1 Å². The fourth-order valence-electron chi connectivity index (χ4n) is 2.30. The smallest absolute Gasteiger partial charge is 0.256 e. The van der Waals surface area contributed by atoms with Gasteiger partial charge in [0.05, 0.1) is 38.0 Å². The van der Waals surface area contributed by atoms with Crippen molar-refractivity contribution in [3.05, 3.63) is 57.0 Å². The van der Waals surface area contributed by atoms with E-state index in [-0.39, 0.29) is 6.61 Å². The lowest BCUT2D eigenvalue weighted by Crippen LogP contribution is -2.16. The molecule has 30 heavy (non-hydrogen) atoms. The maximum absolute atomic E-state index is 11.7. The van der Waals surface area contributed by atoms with Crippen molar-refractivity contribution in [2.75, 3.05) is 10.2 Å². The third-order valence-electron chi connectivity index (χ3n) is 3.74. The zero-order valence-electron chi connectivity index (χ0n) is 15.5. The highest BCUT2D eigenvalue weighted by atomic mass is 35.6. The monoisotopic (exact) mass is 569 g/mol. The summed E-state index contributed by atoms with van der Waals surface area (Å²) in [6, 6.07) is 10.7. The van der Waals surface area contributed by atoms with Gasteiger partial charge in [-0.3, -0.25) is 8.51 Å². The second kappa shape index (κ2) is 12.0. The molecule has 12 heteroatoms. The number of fused-ring (bicyclic) bond motifs is 1. The summed E-state index contributed by atoms with van der Waals surface area (Å²) in [5.74, 6) is 0.359. The highest BCUT2D eigenvalue weighted by Crippen LogP contribution is 2.46. The number of hydrogen-bond acceptors (Lipinski definition) is 5. The molecule has 2 atom stereocenters. The molecule has 0 bridgehead atoms. The SMILES string of the molecule is CCC(O)OCc1c(Cl)ccc(Cl)c1Cl.O=S1CN(SC(Cl)(Cl)Cl)c2ccccc21. The molecule has 4 nitrogen and oxygen atoms in total. The number of alkyl halides is 3. The van der Waals surface area contributed by atoms with E-state index in [2.05, 4.69) is 0 Å². The van der Waals surface area contributed by atoms with Crippen LogP contribution in [0.25, 0.3) is 0 Å². The number of para-hydroxylation sites is 1. The molecule has 2 unspecified atom stereocenters. The number of rotatable bonds is 5. The van der Waals surface area contributed by atoms with Gasteiger partial charge >= 0.3 is 0 Å². The van der Waals surface area contributed by atoms with Crippen LogP contribution in [0, 0.1) is 0 Å². The van der Waals surface area contributed by atoms with Crippen LogP contribution in [0.15, 0.2) is 41.3 Å². The van der Waals surface area contributed by atoms with Crippen LogP contribution < -0.4 is 4.31 Å². The molecule has 0 saturated heterocycles. The van der Waals surface area contributed by atoms with Crippen molar-refractivity contribution in [1.82, 2.24) is 0 Å². The zero-order valence-corrected chi connectivity index (χ0v) is 21.6. The van der Waals surface area contributed by atoms with E-state index in [0.29, 0.717) is 32.9 Å². The Bertz CT molecular complexity index is 897. The van der Waals surface area contributed by atoms with Crippen molar-refractivity contribution in [2.24, 2.45) is 0 Å². The Hall–Kier alpha value is 0.400. The van der Waals surface area contributed by atoms with E-state index in [1.165, 1.54) is 0 Å². The van der Waals surface area contributed by atoms with E-state index in [0.717, 1.165) is 22.5 Å². The molecule has 1 aliphatic rings. The number of aliphatic hydroxyl groups is 1. The minimum Gasteiger partial charge on any atom is -0.368 e. The summed E-state index contributed by atoms with van der Waals surface area (Å²) in [5.41, 5.74) is 1.45. The molecule has 0 radical (unpaired) electrons. The zero-order chi connectivity index (χ0) is 22.5. The van der Waals surface area contributed by atoms with Gasteiger partial charge < -0.3 is 9.84 Å². The third-order valence-corrected chi connectivity index (χ3v) is 7.80. The second-order valence-corrected chi connectivity index (χ2v) is 12.6. The highest BCUT2D eigenvalue weighted by molar-refractivity contribution is 8.06. The Labute approximate surface area is 212 Å². The summed E-state index contributed by atoms with van der Waals surface area (Å²) < 4.78 is 17.1. The van der Waals surface area contributed by atoms with E-state index >= 15 is 0 Å². The molecule has 0 saturated carbocycles. The van der Waals surface area contributed by atoms with Crippen molar-refractivity contribution in [3.8, 4) is 0 Å². The first-order valence-electron chi connectivity index (χ1n) is 8.46. The molecule has 2 aromatic rings. The van der Waals surface area contributed by atoms with Gasteiger partial charge in [-0.2, -0.15) is 0 Å². The molecule has 166 valence electrons.